The summed E-state index contributed by atoms with van der Waals surface area (Å²) in [6.45, 7) is 2.38. The van der Waals surface area contributed by atoms with Crippen LogP contribution in [0.25, 0.3) is 0 Å². The van der Waals surface area contributed by atoms with Gasteiger partial charge >= 0.3 is 5.97 Å². The van der Waals surface area contributed by atoms with Crippen LogP contribution in [0, 0.1) is 0 Å². The van der Waals surface area contributed by atoms with Crippen molar-refractivity contribution in [1.82, 2.24) is 14.6 Å². The largest absolute Gasteiger partial charge is 0.477 e. The molecule has 1 aliphatic rings. The molecule has 0 aliphatic carbocycles. The molecule has 2 heterocycles. The van der Waals surface area contributed by atoms with Crippen molar-refractivity contribution in [3.8, 4) is 0 Å². The van der Waals surface area contributed by atoms with Crippen LogP contribution in [0.4, 0.5) is 0 Å². The SMILES string of the molecule is CCS(=O)(=O)N1CCC(NC(=O)c2ccc(C(=O)O)nc2)CC1. The Morgan fingerprint density at radius 1 is 1.35 bits per heavy atom. The normalized spacial score (nSPS) is 16.9. The van der Waals surface area contributed by atoms with Gasteiger partial charge in [0.05, 0.1) is 11.3 Å². The van der Waals surface area contributed by atoms with E-state index in [2.05, 4.69) is 10.3 Å². The number of piperidine rings is 1. The van der Waals surface area contributed by atoms with Crippen LogP contribution in [0.15, 0.2) is 18.3 Å². The molecule has 0 bridgehead atoms. The molecule has 1 aromatic heterocycles. The third-order valence-corrected chi connectivity index (χ3v) is 5.67. The summed E-state index contributed by atoms with van der Waals surface area (Å²) in [4.78, 5) is 26.5. The van der Waals surface area contributed by atoms with Crippen LogP contribution in [-0.2, 0) is 10.0 Å². The summed E-state index contributed by atoms with van der Waals surface area (Å²) in [5, 5.41) is 11.6. The Morgan fingerprint density at radius 2 is 2.00 bits per heavy atom. The minimum atomic E-state index is -3.18. The van der Waals surface area contributed by atoms with E-state index < -0.39 is 16.0 Å². The van der Waals surface area contributed by atoms with E-state index in [9.17, 15) is 18.0 Å². The lowest BCUT2D eigenvalue weighted by Crippen LogP contribution is -2.46. The lowest BCUT2D eigenvalue weighted by molar-refractivity contribution is 0.0689. The van der Waals surface area contributed by atoms with Crippen LogP contribution in [0.5, 0.6) is 0 Å². The monoisotopic (exact) mass is 341 g/mol. The molecule has 1 saturated heterocycles. The van der Waals surface area contributed by atoms with Gasteiger partial charge in [0.2, 0.25) is 10.0 Å². The van der Waals surface area contributed by atoms with E-state index in [0.29, 0.717) is 25.9 Å². The molecule has 0 radical (unpaired) electrons. The molecule has 1 amide bonds. The number of sulfonamides is 1. The average molecular weight is 341 g/mol. The zero-order valence-electron chi connectivity index (χ0n) is 12.7. The molecule has 23 heavy (non-hydrogen) atoms. The van der Waals surface area contributed by atoms with Crippen LogP contribution in [0.3, 0.4) is 0 Å². The van der Waals surface area contributed by atoms with Crippen molar-refractivity contribution in [1.29, 1.82) is 0 Å². The maximum atomic E-state index is 12.1. The molecule has 9 heteroatoms. The van der Waals surface area contributed by atoms with Crippen molar-refractivity contribution < 1.29 is 23.1 Å². The van der Waals surface area contributed by atoms with Crippen molar-refractivity contribution in [2.75, 3.05) is 18.8 Å². The first-order valence-electron chi connectivity index (χ1n) is 7.31. The molecule has 2 rings (SSSR count). The molecule has 1 fully saturated rings. The van der Waals surface area contributed by atoms with Crippen molar-refractivity contribution in [3.63, 3.8) is 0 Å². The Balaban J connectivity index is 1.91. The molecule has 0 spiro atoms. The summed E-state index contributed by atoms with van der Waals surface area (Å²) < 4.78 is 25.0. The Kier molecular flexibility index (Phi) is 5.32. The number of hydrogen-bond donors (Lipinski definition) is 2. The average Bonchev–Trinajstić information content (AvgIpc) is 2.55. The van der Waals surface area contributed by atoms with Gasteiger partial charge in [0.25, 0.3) is 5.91 Å². The highest BCUT2D eigenvalue weighted by atomic mass is 32.2. The van der Waals surface area contributed by atoms with Crippen molar-refractivity contribution in [2.45, 2.75) is 25.8 Å². The van der Waals surface area contributed by atoms with E-state index in [1.807, 2.05) is 0 Å². The Labute approximate surface area is 134 Å². The van der Waals surface area contributed by atoms with E-state index in [4.69, 9.17) is 5.11 Å². The first-order valence-corrected chi connectivity index (χ1v) is 8.92. The maximum absolute atomic E-state index is 12.1. The fraction of sp³-hybridized carbons (Fsp3) is 0.500. The minimum absolute atomic E-state index is 0.0750. The van der Waals surface area contributed by atoms with Crippen LogP contribution in [0.1, 0.15) is 40.6 Å². The Bertz CT molecular complexity index is 679. The van der Waals surface area contributed by atoms with Gasteiger partial charge < -0.3 is 10.4 Å². The Hall–Kier alpha value is -2.00. The van der Waals surface area contributed by atoms with Crippen molar-refractivity contribution in [3.05, 3.63) is 29.6 Å². The Morgan fingerprint density at radius 3 is 2.48 bits per heavy atom. The van der Waals surface area contributed by atoms with E-state index in [1.165, 1.54) is 22.6 Å². The van der Waals surface area contributed by atoms with Gasteiger partial charge in [-0.2, -0.15) is 0 Å². The third kappa shape index (κ3) is 4.26. The number of carbonyl (C=O) groups excluding carboxylic acids is 1. The van der Waals surface area contributed by atoms with Gasteiger partial charge in [0, 0.05) is 25.3 Å². The molecule has 8 nitrogen and oxygen atoms in total. The van der Waals surface area contributed by atoms with Crippen LogP contribution < -0.4 is 5.32 Å². The summed E-state index contributed by atoms with van der Waals surface area (Å²) in [5.41, 5.74) is 0.151. The fourth-order valence-corrected chi connectivity index (χ4v) is 3.52. The third-order valence-electron chi connectivity index (χ3n) is 3.79. The molecule has 0 unspecified atom stereocenters. The number of carboxylic acid groups (broad SMARTS) is 1. The van der Waals surface area contributed by atoms with Gasteiger partial charge in [0.15, 0.2) is 0 Å². The summed E-state index contributed by atoms with van der Waals surface area (Å²) in [7, 11) is -3.18. The van der Waals surface area contributed by atoms with Gasteiger partial charge in [-0.05, 0) is 31.9 Å². The maximum Gasteiger partial charge on any atom is 0.354 e. The highest BCUT2D eigenvalue weighted by Gasteiger charge is 2.27. The zero-order valence-corrected chi connectivity index (χ0v) is 13.5. The molecule has 1 aliphatic heterocycles. The van der Waals surface area contributed by atoms with Gasteiger partial charge in [0.1, 0.15) is 5.69 Å². The highest BCUT2D eigenvalue weighted by Crippen LogP contribution is 2.15. The molecule has 126 valence electrons. The van der Waals surface area contributed by atoms with Crippen LogP contribution in [-0.4, -0.2) is 59.6 Å². The topological polar surface area (TPSA) is 117 Å². The number of pyridine rings is 1. The number of rotatable bonds is 5. The fourth-order valence-electron chi connectivity index (χ4n) is 2.38. The first kappa shape index (κ1) is 17.4. The summed E-state index contributed by atoms with van der Waals surface area (Å²) >= 11 is 0. The molecular weight excluding hydrogens is 322 g/mol. The molecule has 2 N–H and O–H groups in total. The van der Waals surface area contributed by atoms with Crippen molar-refractivity contribution >= 4 is 21.9 Å². The number of amides is 1. The predicted octanol–water partition coefficient (Wildman–Crippen LogP) is 0.324. The number of carboxylic acids is 1. The van der Waals surface area contributed by atoms with Gasteiger partial charge in [-0.25, -0.2) is 22.5 Å². The minimum Gasteiger partial charge on any atom is -0.477 e. The van der Waals surface area contributed by atoms with Crippen LogP contribution >= 0.6 is 0 Å². The van der Waals surface area contributed by atoms with Gasteiger partial charge in [-0.1, -0.05) is 0 Å². The van der Waals surface area contributed by atoms with Crippen molar-refractivity contribution in [2.24, 2.45) is 0 Å². The van der Waals surface area contributed by atoms with E-state index in [0.717, 1.165) is 0 Å². The number of nitrogens with zero attached hydrogens (tertiary/aromatic N) is 2. The van der Waals surface area contributed by atoms with E-state index in [-0.39, 0.29) is 29.0 Å². The number of hydrogen-bond acceptors (Lipinski definition) is 5. The lowest BCUT2D eigenvalue weighted by Gasteiger charge is -2.31. The zero-order chi connectivity index (χ0) is 17.0. The quantitative estimate of drug-likeness (QED) is 0.797. The smallest absolute Gasteiger partial charge is 0.354 e. The number of carbonyl (C=O) groups is 2. The summed E-state index contributed by atoms with van der Waals surface area (Å²) in [6, 6.07) is 2.57. The standard InChI is InChI=1S/C14H19N3O5S/c1-2-23(21,22)17-7-5-11(6-8-17)16-13(18)10-3-4-12(14(19)20)15-9-10/h3-4,9,11H,2,5-8H2,1H3,(H,16,18)(H,19,20). The molecule has 0 atom stereocenters. The molecular formula is C14H19N3O5S. The number of nitrogens with one attached hydrogen (secondary N) is 1. The number of aromatic nitrogens is 1. The predicted molar refractivity (Wildman–Crippen MR) is 82.7 cm³/mol. The second-order valence-corrected chi connectivity index (χ2v) is 7.54. The van der Waals surface area contributed by atoms with Gasteiger partial charge in [-0.3, -0.25) is 4.79 Å². The first-order chi connectivity index (χ1) is 10.8. The lowest BCUT2D eigenvalue weighted by atomic mass is 10.1. The highest BCUT2D eigenvalue weighted by molar-refractivity contribution is 7.89. The van der Waals surface area contributed by atoms with E-state index >= 15 is 0 Å². The van der Waals surface area contributed by atoms with Gasteiger partial charge in [-0.15, -0.1) is 0 Å². The molecule has 0 aromatic carbocycles. The second kappa shape index (κ2) is 7.05. The molecule has 0 saturated carbocycles. The van der Waals surface area contributed by atoms with Crippen LogP contribution in [0.2, 0.25) is 0 Å². The summed E-state index contributed by atoms with van der Waals surface area (Å²) in [6.07, 6.45) is 2.31. The second-order valence-electron chi connectivity index (χ2n) is 5.28. The van der Waals surface area contributed by atoms with E-state index in [1.54, 1.807) is 6.92 Å². The number of aromatic carboxylic acids is 1. The molecule has 1 aromatic rings. The summed E-state index contributed by atoms with van der Waals surface area (Å²) in [5.74, 6) is -1.42.